The molecule has 1 aliphatic rings. The summed E-state index contributed by atoms with van der Waals surface area (Å²) in [7, 11) is 1.85. The molecule has 1 amide bonds. The summed E-state index contributed by atoms with van der Waals surface area (Å²) in [5, 5.41) is 3.08. The number of carbonyl (C=O) groups is 1. The summed E-state index contributed by atoms with van der Waals surface area (Å²) in [5.41, 5.74) is 1.61. The molecule has 1 N–H and O–H groups in total. The Labute approximate surface area is 113 Å². The van der Waals surface area contributed by atoms with Crippen molar-refractivity contribution in [2.75, 3.05) is 25.5 Å². The Morgan fingerprint density at radius 1 is 1.37 bits per heavy atom. The molecule has 0 aromatic carbocycles. The fourth-order valence-corrected chi connectivity index (χ4v) is 2.47. The number of hydrogen-bond acceptors (Lipinski definition) is 4. The first-order chi connectivity index (χ1) is 9.13. The van der Waals surface area contributed by atoms with Crippen LogP contribution in [-0.2, 0) is 4.79 Å². The second kappa shape index (κ2) is 5.82. The average molecular weight is 260 g/mol. The summed E-state index contributed by atoms with van der Waals surface area (Å²) < 4.78 is 0. The molecular weight excluding hydrogens is 240 g/mol. The van der Waals surface area contributed by atoms with Crippen molar-refractivity contribution < 1.29 is 4.79 Å². The SMILES string of the molecule is C=C(C)C(=O)N1CCC(c2nccnc2NC)CC1. The Morgan fingerprint density at radius 2 is 2.00 bits per heavy atom. The fourth-order valence-electron chi connectivity index (χ4n) is 2.47. The minimum absolute atomic E-state index is 0.0615. The molecule has 0 saturated carbocycles. The highest BCUT2D eigenvalue weighted by Gasteiger charge is 2.26. The summed E-state index contributed by atoms with van der Waals surface area (Å²) in [5.74, 6) is 1.27. The van der Waals surface area contributed by atoms with Crippen molar-refractivity contribution in [1.82, 2.24) is 14.9 Å². The highest BCUT2D eigenvalue weighted by atomic mass is 16.2. The summed E-state index contributed by atoms with van der Waals surface area (Å²) in [6.45, 7) is 6.99. The number of piperidine rings is 1. The zero-order valence-electron chi connectivity index (χ0n) is 11.5. The lowest BCUT2D eigenvalue weighted by Gasteiger charge is -2.32. The van der Waals surface area contributed by atoms with E-state index in [-0.39, 0.29) is 5.91 Å². The van der Waals surface area contributed by atoms with Crippen molar-refractivity contribution in [2.45, 2.75) is 25.7 Å². The van der Waals surface area contributed by atoms with Crippen molar-refractivity contribution >= 4 is 11.7 Å². The Kier molecular flexibility index (Phi) is 4.14. The van der Waals surface area contributed by atoms with Crippen LogP contribution in [-0.4, -0.2) is 40.9 Å². The van der Waals surface area contributed by atoms with Crippen LogP contribution in [0.15, 0.2) is 24.5 Å². The van der Waals surface area contributed by atoms with Crippen LogP contribution < -0.4 is 5.32 Å². The van der Waals surface area contributed by atoms with Crippen molar-refractivity contribution in [2.24, 2.45) is 0 Å². The van der Waals surface area contributed by atoms with Gasteiger partial charge in [0.05, 0.1) is 5.69 Å². The number of nitrogens with zero attached hydrogens (tertiary/aromatic N) is 3. The standard InChI is InChI=1S/C14H20N4O/c1-10(2)14(19)18-8-4-11(5-9-18)12-13(15-3)17-7-6-16-12/h6-7,11H,1,4-5,8-9H2,2-3H3,(H,15,17). The zero-order chi connectivity index (χ0) is 13.8. The minimum Gasteiger partial charge on any atom is -0.372 e. The molecule has 5 nitrogen and oxygen atoms in total. The van der Waals surface area contributed by atoms with Gasteiger partial charge in [-0.05, 0) is 19.8 Å². The first kappa shape index (κ1) is 13.5. The third kappa shape index (κ3) is 2.92. The third-order valence-corrected chi connectivity index (χ3v) is 3.50. The molecule has 1 fully saturated rings. The van der Waals surface area contributed by atoms with Crippen molar-refractivity contribution in [3.63, 3.8) is 0 Å². The maximum Gasteiger partial charge on any atom is 0.248 e. The van der Waals surface area contributed by atoms with E-state index in [4.69, 9.17) is 0 Å². The molecule has 1 aromatic heterocycles. The molecule has 1 aliphatic heterocycles. The maximum absolute atomic E-state index is 11.9. The molecule has 5 heteroatoms. The molecular formula is C14H20N4O. The van der Waals surface area contributed by atoms with Crippen molar-refractivity contribution in [3.8, 4) is 0 Å². The quantitative estimate of drug-likeness (QED) is 0.842. The predicted octanol–water partition coefficient (Wildman–Crippen LogP) is 1.80. The molecule has 0 aliphatic carbocycles. The molecule has 0 unspecified atom stereocenters. The van der Waals surface area contributed by atoms with Gasteiger partial charge in [-0.15, -0.1) is 0 Å². The van der Waals surface area contributed by atoms with Gasteiger partial charge in [0.1, 0.15) is 5.82 Å². The number of amides is 1. The van der Waals surface area contributed by atoms with E-state index in [1.54, 1.807) is 19.3 Å². The predicted molar refractivity (Wildman–Crippen MR) is 74.9 cm³/mol. The number of anilines is 1. The number of hydrogen-bond donors (Lipinski definition) is 1. The van der Waals surface area contributed by atoms with Gasteiger partial charge in [0, 0.05) is 44.0 Å². The molecule has 1 aromatic rings. The maximum atomic E-state index is 11.9. The Balaban J connectivity index is 2.04. The lowest BCUT2D eigenvalue weighted by atomic mass is 9.92. The molecule has 0 atom stereocenters. The van der Waals surface area contributed by atoms with Crippen molar-refractivity contribution in [3.05, 3.63) is 30.2 Å². The summed E-state index contributed by atoms with van der Waals surface area (Å²) >= 11 is 0. The Bertz CT molecular complexity index is 478. The van der Waals surface area contributed by atoms with Crippen LogP contribution in [0.3, 0.4) is 0 Å². The number of carbonyl (C=O) groups excluding carboxylic acids is 1. The van der Waals surface area contributed by atoms with Crippen LogP contribution in [0, 0.1) is 0 Å². The van der Waals surface area contributed by atoms with Crippen LogP contribution >= 0.6 is 0 Å². The molecule has 102 valence electrons. The topological polar surface area (TPSA) is 58.1 Å². The fraction of sp³-hybridized carbons (Fsp3) is 0.500. The summed E-state index contributed by atoms with van der Waals surface area (Å²) in [4.78, 5) is 22.4. The van der Waals surface area contributed by atoms with E-state index in [1.165, 1.54) is 0 Å². The average Bonchev–Trinajstić information content (AvgIpc) is 2.46. The Hall–Kier alpha value is -1.91. The van der Waals surface area contributed by atoms with E-state index in [2.05, 4.69) is 21.9 Å². The number of likely N-dealkylation sites (tertiary alicyclic amines) is 1. The molecule has 19 heavy (non-hydrogen) atoms. The molecule has 0 radical (unpaired) electrons. The van der Waals surface area contributed by atoms with Gasteiger partial charge in [-0.2, -0.15) is 0 Å². The van der Waals surface area contributed by atoms with Gasteiger partial charge in [0.25, 0.3) is 0 Å². The number of nitrogens with one attached hydrogen (secondary N) is 1. The van der Waals surface area contributed by atoms with E-state index in [0.29, 0.717) is 11.5 Å². The van der Waals surface area contributed by atoms with E-state index in [0.717, 1.165) is 37.4 Å². The lowest BCUT2D eigenvalue weighted by Crippen LogP contribution is -2.38. The van der Waals surface area contributed by atoms with Crippen LogP contribution in [0.4, 0.5) is 5.82 Å². The Morgan fingerprint density at radius 3 is 2.58 bits per heavy atom. The largest absolute Gasteiger partial charge is 0.372 e. The monoisotopic (exact) mass is 260 g/mol. The normalized spacial score (nSPS) is 16.2. The summed E-state index contributed by atoms with van der Waals surface area (Å²) in [6.07, 6.45) is 5.26. The third-order valence-electron chi connectivity index (χ3n) is 3.50. The second-order valence-electron chi connectivity index (χ2n) is 4.89. The van der Waals surface area contributed by atoms with E-state index in [1.807, 2.05) is 11.9 Å². The van der Waals surface area contributed by atoms with E-state index >= 15 is 0 Å². The highest BCUT2D eigenvalue weighted by Crippen LogP contribution is 2.30. The second-order valence-corrected chi connectivity index (χ2v) is 4.89. The van der Waals surface area contributed by atoms with Gasteiger partial charge in [-0.25, -0.2) is 4.98 Å². The lowest BCUT2D eigenvalue weighted by molar-refractivity contribution is -0.128. The van der Waals surface area contributed by atoms with Crippen LogP contribution in [0.1, 0.15) is 31.4 Å². The molecule has 2 rings (SSSR count). The van der Waals surface area contributed by atoms with Crippen LogP contribution in [0.2, 0.25) is 0 Å². The van der Waals surface area contributed by atoms with Gasteiger partial charge < -0.3 is 10.2 Å². The number of rotatable bonds is 3. The van der Waals surface area contributed by atoms with Gasteiger partial charge in [0.2, 0.25) is 5.91 Å². The first-order valence-electron chi connectivity index (χ1n) is 6.57. The van der Waals surface area contributed by atoms with Gasteiger partial charge in [0.15, 0.2) is 0 Å². The van der Waals surface area contributed by atoms with Crippen molar-refractivity contribution in [1.29, 1.82) is 0 Å². The molecule has 1 saturated heterocycles. The van der Waals surface area contributed by atoms with E-state index < -0.39 is 0 Å². The van der Waals surface area contributed by atoms with Gasteiger partial charge in [-0.1, -0.05) is 6.58 Å². The first-order valence-corrected chi connectivity index (χ1v) is 6.57. The van der Waals surface area contributed by atoms with E-state index in [9.17, 15) is 4.79 Å². The van der Waals surface area contributed by atoms with Gasteiger partial charge in [-0.3, -0.25) is 9.78 Å². The van der Waals surface area contributed by atoms with Crippen LogP contribution in [0.25, 0.3) is 0 Å². The minimum atomic E-state index is 0.0615. The molecule has 0 bridgehead atoms. The highest BCUT2D eigenvalue weighted by molar-refractivity contribution is 5.92. The summed E-state index contributed by atoms with van der Waals surface area (Å²) in [6, 6.07) is 0. The van der Waals surface area contributed by atoms with Crippen LogP contribution in [0.5, 0.6) is 0 Å². The molecule has 2 heterocycles. The molecule has 0 spiro atoms. The number of aromatic nitrogens is 2. The van der Waals surface area contributed by atoms with Gasteiger partial charge >= 0.3 is 0 Å². The smallest absolute Gasteiger partial charge is 0.248 e. The zero-order valence-corrected chi connectivity index (χ0v) is 11.5.